The minimum atomic E-state index is -0.496. The quantitative estimate of drug-likeness (QED) is 0.611. The van der Waals surface area contributed by atoms with Crippen LogP contribution in [-0.4, -0.2) is 22.8 Å². The highest BCUT2D eigenvalue weighted by Crippen LogP contribution is 2.23. The van der Waals surface area contributed by atoms with E-state index in [9.17, 15) is 9.18 Å². The van der Waals surface area contributed by atoms with Crippen LogP contribution in [0.2, 0.25) is 5.15 Å². The van der Waals surface area contributed by atoms with Gasteiger partial charge in [0.2, 0.25) is 5.91 Å². The molecule has 3 rings (SSSR count). The maximum Gasteiger partial charge on any atom is 0.248 e. The summed E-state index contributed by atoms with van der Waals surface area (Å²) in [5.41, 5.74) is 2.42. The Balaban J connectivity index is 1.75. The third-order valence-electron chi connectivity index (χ3n) is 4.11. The van der Waals surface area contributed by atoms with E-state index < -0.39 is 11.7 Å². The highest BCUT2D eigenvalue weighted by atomic mass is 35.5. The van der Waals surface area contributed by atoms with E-state index in [1.54, 1.807) is 30.0 Å². The number of ether oxygens (including phenoxy) is 1. The summed E-state index contributed by atoms with van der Waals surface area (Å²) in [5.74, 6) is -0.201. The van der Waals surface area contributed by atoms with Gasteiger partial charge in [0, 0.05) is 11.6 Å². The van der Waals surface area contributed by atoms with Crippen LogP contribution in [0.4, 0.5) is 10.1 Å². The lowest BCUT2D eigenvalue weighted by molar-refractivity contribution is -0.111. The van der Waals surface area contributed by atoms with Gasteiger partial charge in [-0.15, -0.1) is 0 Å². The predicted octanol–water partition coefficient (Wildman–Crippen LogP) is 4.69. The molecule has 1 amide bonds. The van der Waals surface area contributed by atoms with Crippen molar-refractivity contribution in [2.45, 2.75) is 13.5 Å². The molecule has 0 aliphatic carbocycles. The number of para-hydroxylation sites is 1. The van der Waals surface area contributed by atoms with Gasteiger partial charge in [0.1, 0.15) is 16.7 Å². The maximum atomic E-state index is 13.6. The van der Waals surface area contributed by atoms with Crippen LogP contribution in [0.3, 0.4) is 0 Å². The van der Waals surface area contributed by atoms with Gasteiger partial charge in [-0.05, 0) is 42.8 Å². The van der Waals surface area contributed by atoms with E-state index in [0.29, 0.717) is 23.0 Å². The number of halogens is 2. The molecule has 2 aromatic carbocycles. The van der Waals surface area contributed by atoms with Gasteiger partial charge < -0.3 is 10.1 Å². The zero-order chi connectivity index (χ0) is 20.1. The van der Waals surface area contributed by atoms with Crippen molar-refractivity contribution in [3.05, 3.63) is 82.4 Å². The minimum absolute atomic E-state index is 0.119. The second kappa shape index (κ2) is 8.71. The van der Waals surface area contributed by atoms with Crippen molar-refractivity contribution in [3.63, 3.8) is 0 Å². The number of aryl methyl sites for hydroxylation is 1. The number of anilines is 1. The zero-order valence-corrected chi connectivity index (χ0v) is 16.2. The first kappa shape index (κ1) is 19.6. The van der Waals surface area contributed by atoms with Gasteiger partial charge in [-0.3, -0.25) is 4.79 Å². The topological polar surface area (TPSA) is 56.2 Å². The number of nitrogens with one attached hydrogen (secondary N) is 1. The van der Waals surface area contributed by atoms with Gasteiger partial charge in [0.05, 0.1) is 25.0 Å². The van der Waals surface area contributed by atoms with Gasteiger partial charge in [0.25, 0.3) is 0 Å². The van der Waals surface area contributed by atoms with Crippen LogP contribution in [-0.2, 0) is 11.3 Å². The standard InChI is InChI=1S/C21H19ClFN3O2/c1-14-17(10-11-20(27)24-19-9-4-3-8-18(19)23)21(22)26(25-14)13-15-6-5-7-16(12-15)28-2/h3-12H,13H2,1-2H3,(H,24,27)/b11-10+. The molecule has 0 radical (unpaired) electrons. The molecule has 1 aromatic heterocycles. The Hall–Kier alpha value is -3.12. The maximum absolute atomic E-state index is 13.6. The van der Waals surface area contributed by atoms with Crippen molar-refractivity contribution >= 4 is 29.3 Å². The summed E-state index contributed by atoms with van der Waals surface area (Å²) in [4.78, 5) is 12.1. The molecule has 144 valence electrons. The summed E-state index contributed by atoms with van der Waals surface area (Å²) in [5, 5.41) is 7.34. The lowest BCUT2D eigenvalue weighted by atomic mass is 10.2. The smallest absolute Gasteiger partial charge is 0.248 e. The highest BCUT2D eigenvalue weighted by Gasteiger charge is 2.12. The number of amides is 1. The van der Waals surface area contributed by atoms with Crippen LogP contribution < -0.4 is 10.1 Å². The predicted molar refractivity (Wildman–Crippen MR) is 108 cm³/mol. The largest absolute Gasteiger partial charge is 0.497 e. The first-order valence-electron chi connectivity index (χ1n) is 8.57. The molecule has 5 nitrogen and oxygen atoms in total. The first-order chi connectivity index (χ1) is 13.5. The summed E-state index contributed by atoms with van der Waals surface area (Å²) in [7, 11) is 1.61. The van der Waals surface area contributed by atoms with Gasteiger partial charge in [-0.1, -0.05) is 35.9 Å². The normalized spacial score (nSPS) is 11.0. The molecule has 0 saturated heterocycles. The van der Waals surface area contributed by atoms with Crippen LogP contribution >= 0.6 is 11.6 Å². The van der Waals surface area contributed by atoms with E-state index in [1.807, 2.05) is 31.2 Å². The van der Waals surface area contributed by atoms with Crippen LogP contribution in [0.15, 0.2) is 54.6 Å². The van der Waals surface area contributed by atoms with E-state index in [4.69, 9.17) is 16.3 Å². The van der Waals surface area contributed by atoms with Crippen molar-refractivity contribution in [1.29, 1.82) is 0 Å². The van der Waals surface area contributed by atoms with Crippen molar-refractivity contribution in [2.75, 3.05) is 12.4 Å². The second-order valence-corrected chi connectivity index (χ2v) is 6.46. The molecule has 28 heavy (non-hydrogen) atoms. The number of hydrogen-bond donors (Lipinski definition) is 1. The van der Waals surface area contributed by atoms with Crippen molar-refractivity contribution in [1.82, 2.24) is 9.78 Å². The van der Waals surface area contributed by atoms with Crippen molar-refractivity contribution < 1.29 is 13.9 Å². The van der Waals surface area contributed by atoms with Gasteiger partial charge in [-0.2, -0.15) is 5.10 Å². The van der Waals surface area contributed by atoms with E-state index in [1.165, 1.54) is 18.2 Å². The van der Waals surface area contributed by atoms with Crippen LogP contribution in [0.25, 0.3) is 6.08 Å². The molecule has 1 N–H and O–H groups in total. The average molecular weight is 400 g/mol. The summed E-state index contributed by atoms with van der Waals surface area (Å²) in [6.07, 6.45) is 2.88. The lowest BCUT2D eigenvalue weighted by Gasteiger charge is -2.06. The zero-order valence-electron chi connectivity index (χ0n) is 15.4. The van der Waals surface area contributed by atoms with Crippen LogP contribution in [0.5, 0.6) is 5.75 Å². The number of hydrogen-bond acceptors (Lipinski definition) is 3. The average Bonchev–Trinajstić information content (AvgIpc) is 2.95. The first-order valence-corrected chi connectivity index (χ1v) is 8.95. The SMILES string of the molecule is COc1cccc(Cn2nc(C)c(/C=C/C(=O)Nc3ccccc3F)c2Cl)c1. The fourth-order valence-electron chi connectivity index (χ4n) is 2.70. The van der Waals surface area contributed by atoms with Gasteiger partial charge in [0.15, 0.2) is 0 Å². The molecule has 0 aliphatic rings. The number of carbonyl (C=O) groups excluding carboxylic acids is 1. The Morgan fingerprint density at radius 1 is 1.29 bits per heavy atom. The molecule has 0 atom stereocenters. The molecular weight excluding hydrogens is 381 g/mol. The molecule has 0 unspecified atom stereocenters. The summed E-state index contributed by atoms with van der Waals surface area (Å²) < 4.78 is 20.5. The number of aromatic nitrogens is 2. The van der Waals surface area contributed by atoms with Crippen LogP contribution in [0, 0.1) is 12.7 Å². The number of benzene rings is 2. The minimum Gasteiger partial charge on any atom is -0.497 e. The van der Waals surface area contributed by atoms with E-state index in [-0.39, 0.29) is 5.69 Å². The van der Waals surface area contributed by atoms with E-state index in [0.717, 1.165) is 11.3 Å². The Labute approximate surface area is 167 Å². The Kier molecular flexibility index (Phi) is 6.11. The monoisotopic (exact) mass is 399 g/mol. The molecule has 1 heterocycles. The molecule has 0 spiro atoms. The van der Waals surface area contributed by atoms with Crippen LogP contribution in [0.1, 0.15) is 16.8 Å². The molecule has 0 bridgehead atoms. The fourth-order valence-corrected chi connectivity index (χ4v) is 3.00. The molecule has 3 aromatic rings. The molecule has 0 aliphatic heterocycles. The van der Waals surface area contributed by atoms with E-state index >= 15 is 0 Å². The number of methoxy groups -OCH3 is 1. The third-order valence-corrected chi connectivity index (χ3v) is 4.51. The number of carbonyl (C=O) groups is 1. The highest BCUT2D eigenvalue weighted by molar-refractivity contribution is 6.31. The molecule has 7 heteroatoms. The lowest BCUT2D eigenvalue weighted by Crippen LogP contribution is -2.09. The fraction of sp³-hybridized carbons (Fsp3) is 0.143. The number of rotatable bonds is 6. The van der Waals surface area contributed by atoms with E-state index in [2.05, 4.69) is 10.4 Å². The summed E-state index contributed by atoms with van der Waals surface area (Å²) in [6.45, 7) is 2.27. The third kappa shape index (κ3) is 4.58. The summed E-state index contributed by atoms with van der Waals surface area (Å²) >= 11 is 6.45. The Bertz CT molecular complexity index is 1030. The molecule has 0 fully saturated rings. The molecular formula is C21H19ClFN3O2. The van der Waals surface area contributed by atoms with Gasteiger partial charge in [-0.25, -0.2) is 9.07 Å². The molecule has 0 saturated carbocycles. The Morgan fingerprint density at radius 3 is 2.82 bits per heavy atom. The summed E-state index contributed by atoms with van der Waals surface area (Å²) in [6, 6.07) is 13.6. The van der Waals surface area contributed by atoms with Gasteiger partial charge >= 0.3 is 0 Å². The number of nitrogens with zero attached hydrogens (tertiary/aromatic N) is 2. The second-order valence-electron chi connectivity index (χ2n) is 6.10. The Morgan fingerprint density at radius 2 is 2.07 bits per heavy atom. The van der Waals surface area contributed by atoms with Crippen molar-refractivity contribution in [3.8, 4) is 5.75 Å². The van der Waals surface area contributed by atoms with Crippen molar-refractivity contribution in [2.24, 2.45) is 0 Å².